The van der Waals surface area contributed by atoms with Crippen LogP contribution in [0.5, 0.6) is 0 Å². The Morgan fingerprint density at radius 2 is 1.11 bits per heavy atom. The van der Waals surface area contributed by atoms with Gasteiger partial charge in [-0.2, -0.15) is 0 Å². The molecule has 176 valence electrons. The first-order valence-corrected chi connectivity index (χ1v) is 11.9. The third kappa shape index (κ3) is 6.90. The first-order chi connectivity index (χ1) is 17.2. The summed E-state index contributed by atoms with van der Waals surface area (Å²) >= 11 is 0. The number of amides is 2. The molecule has 35 heavy (non-hydrogen) atoms. The Hall–Kier alpha value is -4.18. The molecule has 4 heteroatoms. The topological polar surface area (TPSA) is 49.4 Å². The molecule has 4 aromatic carbocycles. The van der Waals surface area contributed by atoms with Crippen molar-refractivity contribution in [1.29, 1.82) is 0 Å². The molecule has 0 aliphatic carbocycles. The predicted molar refractivity (Wildman–Crippen MR) is 139 cm³/mol. The van der Waals surface area contributed by atoms with E-state index in [9.17, 15) is 9.59 Å². The van der Waals surface area contributed by atoms with Crippen LogP contribution in [0.15, 0.2) is 121 Å². The monoisotopic (exact) mass is 462 g/mol. The van der Waals surface area contributed by atoms with Gasteiger partial charge in [-0.05, 0) is 28.7 Å². The van der Waals surface area contributed by atoms with Gasteiger partial charge in [0.25, 0.3) is 0 Å². The van der Waals surface area contributed by atoms with E-state index < -0.39 is 6.04 Å². The van der Waals surface area contributed by atoms with Gasteiger partial charge in [0.1, 0.15) is 6.04 Å². The van der Waals surface area contributed by atoms with Gasteiger partial charge in [-0.3, -0.25) is 9.59 Å². The van der Waals surface area contributed by atoms with E-state index in [0.29, 0.717) is 13.1 Å². The summed E-state index contributed by atoms with van der Waals surface area (Å²) in [5, 5.41) is 3.08. The Morgan fingerprint density at radius 3 is 1.69 bits per heavy atom. The van der Waals surface area contributed by atoms with Crippen LogP contribution in [0.3, 0.4) is 0 Å². The summed E-state index contributed by atoms with van der Waals surface area (Å²) in [5.41, 5.74) is 3.85. The van der Waals surface area contributed by atoms with E-state index >= 15 is 0 Å². The number of rotatable bonds is 10. The maximum absolute atomic E-state index is 13.7. The van der Waals surface area contributed by atoms with Crippen molar-refractivity contribution in [2.45, 2.75) is 25.4 Å². The molecule has 0 saturated carbocycles. The number of nitrogens with zero attached hydrogens (tertiary/aromatic N) is 1. The SMILES string of the molecule is O=C(NCCc1ccccc1)[C@@H](c1ccccc1)N(Cc1ccccc1)C(=O)Cc1ccccc1. The Bertz CT molecular complexity index is 1200. The minimum Gasteiger partial charge on any atom is -0.354 e. The molecule has 2 amide bonds. The van der Waals surface area contributed by atoms with E-state index in [1.165, 1.54) is 0 Å². The van der Waals surface area contributed by atoms with Crippen molar-refractivity contribution >= 4 is 11.8 Å². The molecule has 4 rings (SSSR count). The lowest BCUT2D eigenvalue weighted by Gasteiger charge is -2.32. The highest BCUT2D eigenvalue weighted by atomic mass is 16.2. The number of hydrogen-bond donors (Lipinski definition) is 1. The lowest BCUT2D eigenvalue weighted by molar-refractivity contribution is -0.141. The van der Waals surface area contributed by atoms with Crippen LogP contribution in [-0.2, 0) is 29.0 Å². The number of hydrogen-bond acceptors (Lipinski definition) is 2. The van der Waals surface area contributed by atoms with Gasteiger partial charge in [0.15, 0.2) is 0 Å². The average Bonchev–Trinajstić information content (AvgIpc) is 2.91. The van der Waals surface area contributed by atoms with Gasteiger partial charge in [0.2, 0.25) is 11.8 Å². The summed E-state index contributed by atoms with van der Waals surface area (Å²) in [5.74, 6) is -0.267. The van der Waals surface area contributed by atoms with E-state index in [1.54, 1.807) is 4.90 Å². The average molecular weight is 463 g/mol. The van der Waals surface area contributed by atoms with E-state index in [2.05, 4.69) is 5.32 Å². The zero-order chi connectivity index (χ0) is 24.3. The second-order valence-electron chi connectivity index (χ2n) is 8.51. The van der Waals surface area contributed by atoms with Gasteiger partial charge in [0, 0.05) is 13.1 Å². The summed E-state index contributed by atoms with van der Waals surface area (Å²) in [6, 6.07) is 38.4. The molecule has 0 heterocycles. The first-order valence-electron chi connectivity index (χ1n) is 11.9. The summed E-state index contributed by atoms with van der Waals surface area (Å²) < 4.78 is 0. The number of carbonyl (C=O) groups excluding carboxylic acids is 2. The van der Waals surface area contributed by atoms with Crippen LogP contribution < -0.4 is 5.32 Å². The largest absolute Gasteiger partial charge is 0.354 e. The maximum Gasteiger partial charge on any atom is 0.247 e. The fourth-order valence-corrected chi connectivity index (χ4v) is 4.16. The van der Waals surface area contributed by atoms with Crippen LogP contribution in [0.4, 0.5) is 0 Å². The Morgan fingerprint density at radius 1 is 0.629 bits per heavy atom. The van der Waals surface area contributed by atoms with Gasteiger partial charge >= 0.3 is 0 Å². The fraction of sp³-hybridized carbons (Fsp3) is 0.161. The second-order valence-corrected chi connectivity index (χ2v) is 8.51. The highest BCUT2D eigenvalue weighted by Crippen LogP contribution is 2.25. The molecule has 0 radical (unpaired) electrons. The molecule has 0 spiro atoms. The molecule has 1 atom stereocenters. The van der Waals surface area contributed by atoms with Crippen molar-refractivity contribution < 1.29 is 9.59 Å². The van der Waals surface area contributed by atoms with E-state index in [4.69, 9.17) is 0 Å². The third-order valence-corrected chi connectivity index (χ3v) is 5.95. The molecule has 4 nitrogen and oxygen atoms in total. The van der Waals surface area contributed by atoms with Crippen molar-refractivity contribution in [3.63, 3.8) is 0 Å². The summed E-state index contributed by atoms with van der Waals surface area (Å²) in [6.45, 7) is 0.844. The standard InChI is InChI=1S/C31H30N2O2/c34-29(23-26-15-7-2-8-16-26)33(24-27-17-9-3-10-18-27)30(28-19-11-4-12-20-28)31(35)32-22-21-25-13-5-1-6-14-25/h1-20,30H,21-24H2,(H,32,35)/t30-/m1/s1. The zero-order valence-electron chi connectivity index (χ0n) is 19.7. The molecule has 1 N–H and O–H groups in total. The number of benzene rings is 4. The lowest BCUT2D eigenvalue weighted by atomic mass is 10.0. The normalized spacial score (nSPS) is 11.4. The predicted octanol–water partition coefficient (Wildman–Crippen LogP) is 5.36. The van der Waals surface area contributed by atoms with Gasteiger partial charge in [-0.1, -0.05) is 121 Å². The molecule has 4 aromatic rings. The smallest absolute Gasteiger partial charge is 0.247 e. The summed E-state index contributed by atoms with van der Waals surface area (Å²) in [4.78, 5) is 29.0. The van der Waals surface area contributed by atoms with Crippen LogP contribution in [0.25, 0.3) is 0 Å². The zero-order valence-corrected chi connectivity index (χ0v) is 19.7. The minimum atomic E-state index is -0.733. The van der Waals surface area contributed by atoms with Crippen molar-refractivity contribution in [2.75, 3.05) is 6.54 Å². The van der Waals surface area contributed by atoms with E-state index in [0.717, 1.165) is 28.7 Å². The van der Waals surface area contributed by atoms with Gasteiger partial charge in [0.05, 0.1) is 6.42 Å². The number of carbonyl (C=O) groups is 2. The number of nitrogens with one attached hydrogen (secondary N) is 1. The maximum atomic E-state index is 13.7. The molecule has 0 saturated heterocycles. The molecule has 0 aliphatic rings. The highest BCUT2D eigenvalue weighted by Gasteiger charge is 2.31. The lowest BCUT2D eigenvalue weighted by Crippen LogP contribution is -2.44. The Balaban J connectivity index is 1.60. The Labute approximate surface area is 207 Å². The highest BCUT2D eigenvalue weighted by molar-refractivity contribution is 5.89. The molecule has 0 fully saturated rings. The van der Waals surface area contributed by atoms with Crippen LogP contribution in [-0.4, -0.2) is 23.3 Å². The molecule has 0 aliphatic heterocycles. The molecule has 0 aromatic heterocycles. The van der Waals surface area contributed by atoms with Gasteiger partial charge in [-0.15, -0.1) is 0 Å². The van der Waals surface area contributed by atoms with Crippen LogP contribution in [0.1, 0.15) is 28.3 Å². The molecule has 0 bridgehead atoms. The molecular weight excluding hydrogens is 432 g/mol. The second kappa shape index (κ2) is 12.3. The van der Waals surface area contributed by atoms with Crippen LogP contribution >= 0.6 is 0 Å². The third-order valence-electron chi connectivity index (χ3n) is 5.95. The van der Waals surface area contributed by atoms with Crippen molar-refractivity contribution in [2.24, 2.45) is 0 Å². The van der Waals surface area contributed by atoms with Gasteiger partial charge < -0.3 is 10.2 Å². The first kappa shape index (κ1) is 24.0. The Kier molecular flexibility index (Phi) is 8.44. The van der Waals surface area contributed by atoms with Crippen molar-refractivity contribution in [3.05, 3.63) is 144 Å². The van der Waals surface area contributed by atoms with Crippen molar-refractivity contribution in [3.8, 4) is 0 Å². The van der Waals surface area contributed by atoms with Crippen molar-refractivity contribution in [1.82, 2.24) is 10.2 Å². The van der Waals surface area contributed by atoms with Crippen LogP contribution in [0, 0.1) is 0 Å². The summed E-state index contributed by atoms with van der Waals surface area (Å²) in [7, 11) is 0. The summed E-state index contributed by atoms with van der Waals surface area (Å²) in [6.07, 6.45) is 0.957. The van der Waals surface area contributed by atoms with Crippen LogP contribution in [0.2, 0.25) is 0 Å². The molecule has 0 unspecified atom stereocenters. The van der Waals surface area contributed by atoms with E-state index in [-0.39, 0.29) is 18.2 Å². The van der Waals surface area contributed by atoms with E-state index in [1.807, 2.05) is 121 Å². The molecular formula is C31H30N2O2. The quantitative estimate of drug-likeness (QED) is 0.345. The van der Waals surface area contributed by atoms with Gasteiger partial charge in [-0.25, -0.2) is 0 Å². The minimum absolute atomic E-state index is 0.0906. The fourth-order valence-electron chi connectivity index (χ4n) is 4.16.